The van der Waals surface area contributed by atoms with E-state index >= 15 is 0 Å². The summed E-state index contributed by atoms with van der Waals surface area (Å²) in [7, 11) is 0. The van der Waals surface area contributed by atoms with E-state index in [4.69, 9.17) is 0 Å². The van der Waals surface area contributed by atoms with Crippen LogP contribution in [0.15, 0.2) is 73.1 Å². The van der Waals surface area contributed by atoms with Crippen LogP contribution in [0, 0.1) is 0 Å². The monoisotopic (exact) mass is 367 g/mol. The highest BCUT2D eigenvalue weighted by molar-refractivity contribution is 6.12. The van der Waals surface area contributed by atoms with E-state index in [9.17, 15) is 13.6 Å². The Balaban J connectivity index is 1.86. The highest BCUT2D eigenvalue weighted by atomic mass is 19.3. The molecular formula is C20H15F2N3O2. The van der Waals surface area contributed by atoms with Crippen molar-refractivity contribution in [1.29, 1.82) is 0 Å². The van der Waals surface area contributed by atoms with Gasteiger partial charge in [0.2, 0.25) is 0 Å². The van der Waals surface area contributed by atoms with Crippen LogP contribution < -0.4 is 15.0 Å². The van der Waals surface area contributed by atoms with Crippen molar-refractivity contribution >= 4 is 17.3 Å². The molecule has 1 aliphatic rings. The van der Waals surface area contributed by atoms with Gasteiger partial charge in [-0.2, -0.15) is 8.78 Å². The SMILES string of the molecule is O=C1c2ccccc2N[C@H](c2ccccc2OC(F)F)N1c1ccncc1. The fourth-order valence-corrected chi connectivity index (χ4v) is 3.15. The summed E-state index contributed by atoms with van der Waals surface area (Å²) in [6, 6.07) is 16.9. The Morgan fingerprint density at radius 2 is 1.70 bits per heavy atom. The van der Waals surface area contributed by atoms with E-state index in [1.54, 1.807) is 67.0 Å². The van der Waals surface area contributed by atoms with E-state index in [1.807, 2.05) is 0 Å². The average molecular weight is 367 g/mol. The molecular weight excluding hydrogens is 352 g/mol. The number of aromatic nitrogens is 1. The Hall–Kier alpha value is -3.48. The average Bonchev–Trinajstić information content (AvgIpc) is 2.68. The Labute approximate surface area is 154 Å². The van der Waals surface area contributed by atoms with Crippen LogP contribution in [0.2, 0.25) is 0 Å². The van der Waals surface area contributed by atoms with Crippen molar-refractivity contribution in [3.8, 4) is 5.75 Å². The molecule has 0 spiro atoms. The smallest absolute Gasteiger partial charge is 0.387 e. The van der Waals surface area contributed by atoms with Crippen molar-refractivity contribution in [2.75, 3.05) is 10.2 Å². The summed E-state index contributed by atoms with van der Waals surface area (Å²) in [4.78, 5) is 18.7. The predicted molar refractivity (Wildman–Crippen MR) is 96.9 cm³/mol. The summed E-state index contributed by atoms with van der Waals surface area (Å²) in [5.74, 6) is -0.233. The molecule has 1 atom stereocenters. The van der Waals surface area contributed by atoms with Gasteiger partial charge >= 0.3 is 6.61 Å². The van der Waals surface area contributed by atoms with Crippen LogP contribution in [-0.4, -0.2) is 17.5 Å². The molecule has 3 aromatic rings. The van der Waals surface area contributed by atoms with Crippen LogP contribution in [-0.2, 0) is 0 Å². The van der Waals surface area contributed by atoms with Gasteiger partial charge in [-0.1, -0.05) is 30.3 Å². The quantitative estimate of drug-likeness (QED) is 0.740. The van der Waals surface area contributed by atoms with Gasteiger partial charge in [0.25, 0.3) is 5.91 Å². The number of amides is 1. The molecule has 0 unspecified atom stereocenters. The minimum Gasteiger partial charge on any atom is -0.434 e. The minimum atomic E-state index is -2.97. The Morgan fingerprint density at radius 1 is 1.00 bits per heavy atom. The molecule has 7 heteroatoms. The zero-order valence-corrected chi connectivity index (χ0v) is 14.0. The molecule has 0 saturated heterocycles. The molecule has 1 aliphatic heterocycles. The number of anilines is 2. The number of rotatable bonds is 4. The van der Waals surface area contributed by atoms with Gasteiger partial charge in [-0.15, -0.1) is 0 Å². The number of carbonyl (C=O) groups excluding carboxylic acids is 1. The standard InChI is InChI=1S/C20H15F2N3O2/c21-20(22)27-17-8-4-2-6-15(17)18-24-16-7-3-1-5-14(16)19(26)25(18)13-9-11-23-12-10-13/h1-12,18,20,24H/t18-/m0/s1. The molecule has 1 N–H and O–H groups in total. The maximum Gasteiger partial charge on any atom is 0.387 e. The van der Waals surface area contributed by atoms with E-state index in [0.29, 0.717) is 22.5 Å². The first kappa shape index (κ1) is 17.0. The largest absolute Gasteiger partial charge is 0.434 e. The van der Waals surface area contributed by atoms with Gasteiger partial charge in [0.1, 0.15) is 11.9 Å². The lowest BCUT2D eigenvalue weighted by molar-refractivity contribution is -0.0505. The Bertz CT molecular complexity index is 966. The zero-order chi connectivity index (χ0) is 18.8. The number of ether oxygens (including phenoxy) is 1. The van der Waals surface area contributed by atoms with Crippen LogP contribution in [0.4, 0.5) is 20.2 Å². The molecule has 1 amide bonds. The number of alkyl halides is 2. The van der Waals surface area contributed by atoms with Crippen molar-refractivity contribution < 1.29 is 18.3 Å². The van der Waals surface area contributed by atoms with Crippen molar-refractivity contribution in [3.05, 3.63) is 84.2 Å². The van der Waals surface area contributed by atoms with Crippen LogP contribution in [0.5, 0.6) is 5.75 Å². The number of para-hydroxylation sites is 2. The number of benzene rings is 2. The number of halogens is 2. The third-order valence-electron chi connectivity index (χ3n) is 4.30. The van der Waals surface area contributed by atoms with Crippen molar-refractivity contribution in [2.45, 2.75) is 12.8 Å². The first-order chi connectivity index (χ1) is 13.1. The highest BCUT2D eigenvalue weighted by Gasteiger charge is 2.35. The summed E-state index contributed by atoms with van der Waals surface area (Å²) in [5.41, 5.74) is 2.15. The lowest BCUT2D eigenvalue weighted by atomic mass is 10.0. The van der Waals surface area contributed by atoms with Crippen molar-refractivity contribution in [3.63, 3.8) is 0 Å². The van der Waals surface area contributed by atoms with Gasteiger partial charge in [0.05, 0.1) is 5.56 Å². The van der Waals surface area contributed by atoms with E-state index in [1.165, 1.54) is 11.0 Å². The minimum absolute atomic E-state index is 0.0104. The number of hydrogen-bond acceptors (Lipinski definition) is 4. The summed E-state index contributed by atoms with van der Waals surface area (Å²) in [6.07, 6.45) is 2.42. The summed E-state index contributed by atoms with van der Waals surface area (Å²) >= 11 is 0. The second-order valence-corrected chi connectivity index (χ2v) is 5.89. The Kier molecular flexibility index (Phi) is 4.42. The molecule has 5 nitrogen and oxygen atoms in total. The van der Waals surface area contributed by atoms with Gasteiger partial charge in [0, 0.05) is 29.3 Å². The van der Waals surface area contributed by atoms with Crippen LogP contribution in [0.3, 0.4) is 0 Å². The third-order valence-corrected chi connectivity index (χ3v) is 4.30. The third kappa shape index (κ3) is 3.19. The maximum absolute atomic E-state index is 13.2. The first-order valence-electron chi connectivity index (χ1n) is 8.28. The van der Waals surface area contributed by atoms with E-state index in [0.717, 1.165) is 0 Å². The van der Waals surface area contributed by atoms with Gasteiger partial charge in [-0.3, -0.25) is 14.7 Å². The molecule has 0 fully saturated rings. The van der Waals surface area contributed by atoms with E-state index < -0.39 is 12.8 Å². The van der Waals surface area contributed by atoms with Crippen LogP contribution in [0.25, 0.3) is 0 Å². The fraction of sp³-hybridized carbons (Fsp3) is 0.100. The molecule has 1 aromatic heterocycles. The topological polar surface area (TPSA) is 54.5 Å². The second kappa shape index (κ2) is 7.03. The predicted octanol–water partition coefficient (Wildman–Crippen LogP) is 4.45. The van der Waals surface area contributed by atoms with Crippen LogP contribution in [0.1, 0.15) is 22.1 Å². The molecule has 27 heavy (non-hydrogen) atoms. The Morgan fingerprint density at radius 3 is 2.48 bits per heavy atom. The molecule has 0 bridgehead atoms. The van der Waals surface area contributed by atoms with Crippen molar-refractivity contribution in [2.24, 2.45) is 0 Å². The van der Waals surface area contributed by atoms with Gasteiger partial charge < -0.3 is 10.1 Å². The highest BCUT2D eigenvalue weighted by Crippen LogP contribution is 2.39. The normalized spacial score (nSPS) is 16.0. The number of nitrogens with zero attached hydrogens (tertiary/aromatic N) is 2. The lowest BCUT2D eigenvalue weighted by Gasteiger charge is -2.38. The number of fused-ring (bicyclic) bond motifs is 1. The molecule has 136 valence electrons. The molecule has 0 radical (unpaired) electrons. The van der Waals surface area contributed by atoms with E-state index in [2.05, 4.69) is 15.0 Å². The summed E-state index contributed by atoms with van der Waals surface area (Å²) in [5, 5.41) is 3.27. The van der Waals surface area contributed by atoms with Crippen molar-refractivity contribution in [1.82, 2.24) is 4.98 Å². The van der Waals surface area contributed by atoms with Crippen LogP contribution >= 0.6 is 0 Å². The number of pyridine rings is 1. The zero-order valence-electron chi connectivity index (χ0n) is 14.0. The van der Waals surface area contributed by atoms with E-state index in [-0.39, 0.29) is 11.7 Å². The summed E-state index contributed by atoms with van der Waals surface area (Å²) in [6.45, 7) is -2.97. The molecule has 0 aliphatic carbocycles. The summed E-state index contributed by atoms with van der Waals surface area (Å²) < 4.78 is 30.4. The number of carbonyl (C=O) groups is 1. The molecule has 2 heterocycles. The number of hydrogen-bond donors (Lipinski definition) is 1. The second-order valence-electron chi connectivity index (χ2n) is 5.89. The molecule has 0 saturated carbocycles. The molecule has 2 aromatic carbocycles. The molecule has 4 rings (SSSR count). The first-order valence-corrected chi connectivity index (χ1v) is 8.28. The van der Waals surface area contributed by atoms with Gasteiger partial charge in [0.15, 0.2) is 0 Å². The number of nitrogens with one attached hydrogen (secondary N) is 1. The fourth-order valence-electron chi connectivity index (χ4n) is 3.15. The van der Waals surface area contributed by atoms with Gasteiger partial charge in [-0.05, 0) is 30.3 Å². The van der Waals surface area contributed by atoms with Gasteiger partial charge in [-0.25, -0.2) is 0 Å². The maximum atomic E-state index is 13.2. The lowest BCUT2D eigenvalue weighted by Crippen LogP contribution is -2.43.